The largest absolute Gasteiger partial charge is 1.00 e. The number of aromatic nitrogens is 4. The molecule has 4 aliphatic rings. The van der Waals surface area contributed by atoms with Crippen LogP contribution in [0.2, 0.25) is 0 Å². The number of hydrogen-bond acceptors (Lipinski definition) is 0. The minimum Gasteiger partial charge on any atom is -1.00 e. The molecule has 4 aromatic heterocycles. The standard InChI is InChI=1S/2C20H28N2.2C5H10.BF4.2BF3.2FH.2Fe.HI.Na/c2*1-21-14-9-19(10-15-21)20-11-16-22(17-12-20)13-5-4-8-18-6-2-3-7-18;2*1-2-4-5-3-1;2-1(3,4)5;2*2-1(3)4;;;;;;/h2*9-12,14-18H,2-8,13H2,1H3;2*1-5H2;;;;2*1H;;;1H;/q2*+2;;;-1;;;;;;;;+1/p-3. The number of nitrogens with zero attached hydrogens (tertiary/aromatic N) is 4. The average molecular weight is 1260 g/mol. The molecule has 0 N–H and O–H groups in total. The molecule has 0 aliphatic heterocycles. The van der Waals surface area contributed by atoms with Gasteiger partial charge >= 0.3 is 51.9 Å². The van der Waals surface area contributed by atoms with Crippen molar-refractivity contribution in [1.82, 2.24) is 0 Å². The van der Waals surface area contributed by atoms with Gasteiger partial charge in [-0.25, -0.2) is 18.3 Å². The molecule has 4 saturated carbocycles. The molecule has 0 unspecified atom stereocenters. The smallest absolute Gasteiger partial charge is 1.00 e. The molecular formula is C50H76B3F12Fe2IN4Na+. The maximum absolute atomic E-state index is 9.75. The van der Waals surface area contributed by atoms with E-state index >= 15 is 0 Å². The quantitative estimate of drug-likeness (QED) is 0.0684. The Labute approximate surface area is 490 Å². The van der Waals surface area contributed by atoms with E-state index in [9.17, 15) is 43.2 Å². The van der Waals surface area contributed by atoms with E-state index in [1.54, 1.807) is 0 Å². The first-order chi connectivity index (χ1) is 32.1. The fraction of sp³-hybridized carbons (Fsp3) is 0.600. The van der Waals surface area contributed by atoms with Crippen LogP contribution < -0.4 is 81.2 Å². The van der Waals surface area contributed by atoms with Crippen LogP contribution in [-0.2, 0) is 61.3 Å². The van der Waals surface area contributed by atoms with Gasteiger partial charge in [0.1, 0.15) is 27.2 Å². The molecule has 73 heavy (non-hydrogen) atoms. The molecule has 23 heteroatoms. The number of aryl methyl sites for hydroxylation is 4. The van der Waals surface area contributed by atoms with Gasteiger partial charge in [-0.1, -0.05) is 128 Å². The van der Waals surface area contributed by atoms with Crippen LogP contribution in [0.25, 0.3) is 22.3 Å². The summed E-state index contributed by atoms with van der Waals surface area (Å²) in [5, 5.41) is 0. The van der Waals surface area contributed by atoms with Gasteiger partial charge in [-0.3, -0.25) is 25.9 Å². The number of halogens is 13. The Morgan fingerprint density at radius 2 is 0.603 bits per heavy atom. The van der Waals surface area contributed by atoms with Crippen molar-refractivity contribution in [3.8, 4) is 22.3 Å². The molecule has 0 radical (unpaired) electrons. The van der Waals surface area contributed by atoms with Gasteiger partial charge in [0.2, 0.25) is 0 Å². The molecule has 0 atom stereocenters. The van der Waals surface area contributed by atoms with Crippen LogP contribution >= 0.6 is 0 Å². The third-order valence-electron chi connectivity index (χ3n) is 12.4. The Kier molecular flexibility index (Phi) is 55.5. The zero-order valence-electron chi connectivity index (χ0n) is 42.9. The van der Waals surface area contributed by atoms with Crippen LogP contribution in [-0.4, -0.2) is 22.3 Å². The number of hydrogen-bond donors (Lipinski definition) is 0. The second kappa shape index (κ2) is 50.2. The Balaban J connectivity index is -0.000000280. The molecule has 4 aromatic rings. The number of pyridine rings is 4. The summed E-state index contributed by atoms with van der Waals surface area (Å²) in [7, 11) is -9.23. The summed E-state index contributed by atoms with van der Waals surface area (Å²) in [4.78, 5) is 0. The second-order valence-electron chi connectivity index (χ2n) is 18.0. The van der Waals surface area contributed by atoms with Crippen molar-refractivity contribution in [2.75, 3.05) is 0 Å². The molecule has 0 saturated heterocycles. The van der Waals surface area contributed by atoms with Crippen molar-refractivity contribution in [3.05, 3.63) is 98.1 Å². The van der Waals surface area contributed by atoms with Crippen molar-refractivity contribution < 1.29 is 159 Å². The third kappa shape index (κ3) is 46.5. The van der Waals surface area contributed by atoms with Crippen molar-refractivity contribution >= 4 is 22.3 Å². The van der Waals surface area contributed by atoms with Gasteiger partial charge in [-0.15, -0.1) is 0 Å². The van der Waals surface area contributed by atoms with E-state index < -0.39 is 22.3 Å². The molecule has 8 rings (SSSR count). The van der Waals surface area contributed by atoms with E-state index in [0.29, 0.717) is 0 Å². The first-order valence-corrected chi connectivity index (χ1v) is 24.7. The topological polar surface area (TPSA) is 15.5 Å². The molecule has 4 fully saturated rings. The van der Waals surface area contributed by atoms with Gasteiger partial charge in [-0.05, 0) is 46.9 Å². The predicted octanol–water partition coefficient (Wildman–Crippen LogP) is 2.62. The van der Waals surface area contributed by atoms with Gasteiger partial charge in [0.05, 0.1) is 0 Å². The Bertz CT molecular complexity index is 1640. The van der Waals surface area contributed by atoms with Gasteiger partial charge in [0.25, 0.3) is 0 Å². The summed E-state index contributed by atoms with van der Waals surface area (Å²) >= 11 is 0. The Hall–Kier alpha value is -1.28. The van der Waals surface area contributed by atoms with Crippen molar-refractivity contribution in [2.24, 2.45) is 25.9 Å². The summed E-state index contributed by atoms with van der Waals surface area (Å²) in [6.45, 7) is 2.30. The third-order valence-corrected chi connectivity index (χ3v) is 12.4. The van der Waals surface area contributed by atoms with E-state index in [0.717, 1.165) is 24.9 Å². The summed E-state index contributed by atoms with van der Waals surface area (Å²) in [6.07, 6.45) is 52.4. The van der Waals surface area contributed by atoms with Crippen molar-refractivity contribution in [3.63, 3.8) is 0 Å². The maximum Gasteiger partial charge on any atom is 1.00 e. The molecule has 0 bridgehead atoms. The van der Waals surface area contributed by atoms with Crippen LogP contribution in [0.5, 0.6) is 0 Å². The number of unbranched alkanes of at least 4 members (excludes halogenated alkanes) is 2. The zero-order chi connectivity index (χ0) is 49.1. The van der Waals surface area contributed by atoms with E-state index in [4.69, 9.17) is 0 Å². The molecular weight excluding hydrogens is 1180 g/mol. The second-order valence-corrected chi connectivity index (χ2v) is 18.0. The van der Waals surface area contributed by atoms with Crippen molar-refractivity contribution in [1.29, 1.82) is 0 Å². The summed E-state index contributed by atoms with van der Waals surface area (Å²) in [5.41, 5.74) is 5.16. The minimum atomic E-state index is -6.00. The fourth-order valence-electron chi connectivity index (χ4n) is 8.81. The minimum absolute atomic E-state index is 0. The molecule has 0 aromatic carbocycles. The van der Waals surface area contributed by atoms with Crippen LogP contribution in [0, 0.1) is 11.8 Å². The van der Waals surface area contributed by atoms with Crippen LogP contribution in [0.3, 0.4) is 0 Å². The molecule has 412 valence electrons. The SMILES string of the molecule is C1CCCC1.C1CCCC1.C[n+]1ccc(-c2cc[n+](CCCCC3CCCC3)cc2)cc1.C[n+]1ccc(-c2cc[n+](CCCCC3CCCC3)cc2)cc1.FB(F)F.FB(F)F.F[B-](F)(F)F.[F-].[F-].[Fe].[Fe].[I-].[Na+]. The summed E-state index contributed by atoms with van der Waals surface area (Å²) in [5.74, 6) is 2.07. The van der Waals surface area contributed by atoms with Crippen molar-refractivity contribution in [2.45, 2.75) is 167 Å². The van der Waals surface area contributed by atoms with Gasteiger partial charge in [0, 0.05) is 95.5 Å². The van der Waals surface area contributed by atoms with E-state index in [1.807, 2.05) is 14.1 Å². The zero-order valence-corrected chi connectivity index (χ0v) is 49.3. The van der Waals surface area contributed by atoms with Gasteiger partial charge in [-0.2, -0.15) is 0 Å². The van der Waals surface area contributed by atoms with Crippen LogP contribution in [0.15, 0.2) is 98.1 Å². The normalized spacial score (nSPS) is 14.1. The molecule has 4 heterocycles. The number of rotatable bonds is 12. The average Bonchev–Trinajstić information content (AvgIpc) is 4.15. The van der Waals surface area contributed by atoms with E-state index in [-0.39, 0.29) is 97.1 Å². The van der Waals surface area contributed by atoms with E-state index in [2.05, 4.69) is 116 Å². The van der Waals surface area contributed by atoms with E-state index in [1.165, 1.54) is 176 Å². The monoisotopic (exact) mass is 1260 g/mol. The predicted molar refractivity (Wildman–Crippen MR) is 253 cm³/mol. The molecule has 0 amide bonds. The molecule has 4 nitrogen and oxygen atoms in total. The first kappa shape index (κ1) is 80.6. The maximum atomic E-state index is 9.75. The van der Waals surface area contributed by atoms with Gasteiger partial charge < -0.3 is 50.6 Å². The van der Waals surface area contributed by atoms with Crippen LogP contribution in [0.1, 0.15) is 154 Å². The fourth-order valence-corrected chi connectivity index (χ4v) is 8.81. The Morgan fingerprint density at radius 3 is 0.808 bits per heavy atom. The molecule has 0 spiro atoms. The Morgan fingerprint density at radius 1 is 0.411 bits per heavy atom. The van der Waals surface area contributed by atoms with Gasteiger partial charge in [0.15, 0.2) is 49.6 Å². The molecule has 4 aliphatic carbocycles. The summed E-state index contributed by atoms with van der Waals surface area (Å²) in [6, 6.07) is 17.6. The van der Waals surface area contributed by atoms with Crippen LogP contribution in [0.4, 0.5) is 43.2 Å². The first-order valence-electron chi connectivity index (χ1n) is 24.7. The summed E-state index contributed by atoms with van der Waals surface area (Å²) < 4.78 is 106.